The Morgan fingerprint density at radius 2 is 0.803 bits per heavy atom. The van der Waals surface area contributed by atoms with Crippen molar-refractivity contribution in [2.45, 2.75) is 124 Å². The second kappa shape index (κ2) is 43.1. The van der Waals surface area contributed by atoms with Gasteiger partial charge in [-0.1, -0.05) is 134 Å². The van der Waals surface area contributed by atoms with E-state index in [-0.39, 0.29) is 113 Å². The van der Waals surface area contributed by atoms with Gasteiger partial charge in [0.05, 0.1) is 130 Å². The van der Waals surface area contributed by atoms with Gasteiger partial charge in [-0.05, 0) is 214 Å². The number of methoxy groups -OCH3 is 3. The third-order valence-corrected chi connectivity index (χ3v) is 26.0. The topological polar surface area (TPSA) is 342 Å². The maximum Gasteiger partial charge on any atom is 0.410 e. The van der Waals surface area contributed by atoms with Crippen LogP contribution in [0.4, 0.5) is 4.79 Å². The number of hydrogen-bond donors (Lipinski definition) is 4. The van der Waals surface area contributed by atoms with Crippen LogP contribution in [0.2, 0.25) is 50.2 Å². The zero-order chi connectivity index (χ0) is 94.5. The summed E-state index contributed by atoms with van der Waals surface area (Å²) in [6.07, 6.45) is 10.5. The highest BCUT2D eigenvalue weighted by Gasteiger charge is 2.36. The molecule has 5 aliphatic rings. The van der Waals surface area contributed by atoms with Gasteiger partial charge in [-0.3, -0.25) is 19.2 Å². The standard InChI is InChI=1S/C28H26Cl2N4O5.C20H15Cl2NO4.C19H13Cl2NO4.C16H19Cl2NO4.C11H11Cl2NO2.ClH/c1-15(2)34-13-19(31-14-34)11-22(28(37)38)32-26(35)24-21(29)9-18-12-33(7-5-20(18)25(24)30)27(36)17-4-3-16-6-8-39-23(16)10-17;1-26-20(25)17-15(21)8-13-10-23(6-4-14(13)18(17)22)19(24)12-3-2-11-5-7-27-16(11)9-12;20-14-7-12-9-22(5-3-13(12)17(21)16(14)19(24)25)18(23)11-2-1-10-4-6-26-15(10)8-11;1-16(2,3)23-15(21)19-6-5-10-9(8-19)7-11(17)12(13(10)18)14(20)22-4;1-16-11(15)9-8(12)4-6-5-14-3-2-7(6)10(9)13;/h3-4,6,8-10,13-15,22H,5,7,11-12H2,1-2H3,(H,32,35)(H,37,38);2-3,5,7-9H,4,6,10H2,1H3;1-2,4,6-8H,3,5,9H2,(H,24,25);7H,5-6,8H2,1-4H3;4,14H,2-3,5H2,1H3;1H/t22-;;;;;/m0...../s1. The summed E-state index contributed by atoms with van der Waals surface area (Å²) in [6.45, 7) is 14.1. The number of amides is 5. The third-order valence-electron chi connectivity index (χ3n) is 22.4. The molecule has 38 heteroatoms. The monoisotopic (exact) mass is 2010 g/mol. The van der Waals surface area contributed by atoms with Crippen molar-refractivity contribution >= 4 is 221 Å². The smallest absolute Gasteiger partial charge is 0.410 e. The highest BCUT2D eigenvalue weighted by atomic mass is 35.5. The fraction of sp³-hybridized carbons (Fsp3) is 0.287. The summed E-state index contributed by atoms with van der Waals surface area (Å²) < 4.78 is 37.5. The molecule has 5 amide bonds. The van der Waals surface area contributed by atoms with E-state index in [1.165, 1.54) is 21.3 Å². The number of carboxylic acid groups (broad SMARTS) is 2. The van der Waals surface area contributed by atoms with E-state index in [0.29, 0.717) is 136 Å². The lowest BCUT2D eigenvalue weighted by atomic mass is 9.95. The number of aliphatic carboxylic acids is 1. The number of carboxylic acids is 2. The van der Waals surface area contributed by atoms with Crippen molar-refractivity contribution in [1.29, 1.82) is 0 Å². The molecule has 0 saturated carbocycles. The van der Waals surface area contributed by atoms with Crippen LogP contribution in [0, 0.1) is 0 Å². The number of ether oxygens (including phenoxy) is 4. The lowest BCUT2D eigenvalue weighted by Crippen LogP contribution is -2.43. The first-order valence-corrected chi connectivity index (χ1v) is 44.6. The van der Waals surface area contributed by atoms with Gasteiger partial charge >= 0.3 is 35.9 Å². The summed E-state index contributed by atoms with van der Waals surface area (Å²) in [5.74, 6) is -5.05. The summed E-state index contributed by atoms with van der Waals surface area (Å²) >= 11 is 62.8. The fourth-order valence-electron chi connectivity index (χ4n) is 15.7. The molecule has 132 heavy (non-hydrogen) atoms. The van der Waals surface area contributed by atoms with Crippen molar-refractivity contribution in [2.75, 3.05) is 54.1 Å². The van der Waals surface area contributed by atoms with Crippen molar-refractivity contribution in [3.8, 4) is 0 Å². The Labute approximate surface area is 812 Å². The molecule has 8 aromatic carbocycles. The van der Waals surface area contributed by atoms with E-state index >= 15 is 0 Å². The predicted octanol–water partition coefficient (Wildman–Crippen LogP) is 21.4. The molecule has 17 rings (SSSR count). The molecule has 5 aliphatic heterocycles. The molecule has 0 unspecified atom stereocenters. The van der Waals surface area contributed by atoms with Crippen molar-refractivity contribution in [3.05, 3.63) is 291 Å². The van der Waals surface area contributed by atoms with Crippen LogP contribution in [0.5, 0.6) is 0 Å². The lowest BCUT2D eigenvalue weighted by molar-refractivity contribution is -0.139. The van der Waals surface area contributed by atoms with Crippen molar-refractivity contribution in [1.82, 2.24) is 39.8 Å². The number of aromatic carboxylic acids is 1. The molecule has 12 aromatic rings. The molecule has 0 radical (unpaired) electrons. The van der Waals surface area contributed by atoms with Crippen LogP contribution in [-0.4, -0.2) is 165 Å². The van der Waals surface area contributed by atoms with E-state index in [9.17, 15) is 58.2 Å². The molecule has 4 N–H and O–H groups in total. The summed E-state index contributed by atoms with van der Waals surface area (Å²) in [7, 11) is 3.87. The number of nitrogens with one attached hydrogen (secondary N) is 2. The average molecular weight is 2020 g/mol. The maximum atomic E-state index is 13.2. The SMILES string of the molecule is CC(C)n1cnc(C[C@H](NC(=O)c2c(Cl)cc3c(c2Cl)CCN(C(=O)c2ccc4ccoc4c2)C3)C(=O)O)c1.COC(=O)c1c(Cl)cc2c(c1Cl)CCN(C(=O)OC(C)(C)C)C2.COC(=O)c1c(Cl)cc2c(c1Cl)CCN(C(=O)c1ccc3ccoc3c1)C2.COC(=O)c1c(Cl)cc2c(c1Cl)CCNC2.Cl.O=C(O)c1c(Cl)cc2c(c1Cl)CCN(C(=O)c1ccc3ccoc3c1)C2. The summed E-state index contributed by atoms with van der Waals surface area (Å²) in [5, 5.41) is 29.8. The predicted molar refractivity (Wildman–Crippen MR) is 505 cm³/mol. The highest BCUT2D eigenvalue weighted by Crippen LogP contribution is 2.42. The van der Waals surface area contributed by atoms with Crippen LogP contribution in [0.3, 0.4) is 0 Å². The number of fused-ring (bicyclic) bond motifs is 8. The number of imidazole rings is 1. The third kappa shape index (κ3) is 22.3. The van der Waals surface area contributed by atoms with Gasteiger partial charge in [0.2, 0.25) is 0 Å². The minimum atomic E-state index is -1.23. The van der Waals surface area contributed by atoms with E-state index in [1.54, 1.807) is 118 Å². The highest BCUT2D eigenvalue weighted by molar-refractivity contribution is 6.43. The zero-order valence-corrected chi connectivity index (χ0v) is 80.3. The summed E-state index contributed by atoms with van der Waals surface area (Å²) in [6, 6.07) is 28.8. The average Bonchev–Trinajstić information content (AvgIpc) is 0.843. The quantitative estimate of drug-likeness (QED) is 0.0615. The molecular weight excluding hydrogens is 1940 g/mol. The minimum Gasteiger partial charge on any atom is -0.480 e. The van der Waals surface area contributed by atoms with E-state index in [2.05, 4.69) is 20.4 Å². The lowest BCUT2D eigenvalue weighted by Gasteiger charge is -2.32. The molecule has 0 fully saturated rings. The molecule has 692 valence electrons. The van der Waals surface area contributed by atoms with Crippen LogP contribution in [-0.2, 0) is 95.0 Å². The molecule has 1 atom stereocenters. The first-order valence-electron chi connectivity index (χ1n) is 40.9. The number of aromatic nitrogens is 2. The number of esters is 3. The van der Waals surface area contributed by atoms with Crippen LogP contribution in [0.15, 0.2) is 148 Å². The Bertz CT molecular complexity index is 6560. The van der Waals surface area contributed by atoms with Gasteiger partial charge in [-0.25, -0.2) is 33.8 Å². The Hall–Kier alpha value is -10.8. The van der Waals surface area contributed by atoms with Crippen LogP contribution >= 0.6 is 128 Å². The molecule has 27 nitrogen and oxygen atoms in total. The molecule has 0 spiro atoms. The number of furan rings is 3. The van der Waals surface area contributed by atoms with E-state index < -0.39 is 47.4 Å². The second-order valence-corrected chi connectivity index (χ2v) is 36.1. The Kier molecular flexibility index (Phi) is 32.7. The maximum absolute atomic E-state index is 13.2. The number of halogens is 11. The van der Waals surface area contributed by atoms with Gasteiger partial charge in [0, 0.05) is 110 Å². The first kappa shape index (κ1) is 100. The summed E-state index contributed by atoms with van der Waals surface area (Å²) in [4.78, 5) is 134. The largest absolute Gasteiger partial charge is 0.480 e. The number of carbonyl (C=O) groups excluding carboxylic acids is 8. The van der Waals surface area contributed by atoms with Crippen molar-refractivity contribution in [3.63, 3.8) is 0 Å². The van der Waals surface area contributed by atoms with Gasteiger partial charge in [-0.15, -0.1) is 12.4 Å². The number of nitrogens with zero attached hydrogens (tertiary/aromatic N) is 6. The molecule has 4 aromatic heterocycles. The second-order valence-electron chi connectivity index (χ2n) is 32.2. The zero-order valence-electron chi connectivity index (χ0n) is 71.9. The van der Waals surface area contributed by atoms with E-state index in [4.69, 9.17) is 143 Å². The van der Waals surface area contributed by atoms with Gasteiger partial charge < -0.3 is 77.2 Å². The Morgan fingerprint density at radius 1 is 0.462 bits per heavy atom. The van der Waals surface area contributed by atoms with E-state index in [0.717, 1.165) is 85.7 Å². The van der Waals surface area contributed by atoms with Gasteiger partial charge in [0.15, 0.2) is 0 Å². The van der Waals surface area contributed by atoms with Crippen LogP contribution in [0.1, 0.15) is 185 Å². The minimum absolute atomic E-state index is 0. The fourth-order valence-corrected chi connectivity index (χ4v) is 19.4. The molecule has 0 saturated heterocycles. The van der Waals surface area contributed by atoms with Crippen LogP contribution in [0.25, 0.3) is 32.9 Å². The number of carbonyl (C=O) groups is 10. The summed E-state index contributed by atoms with van der Waals surface area (Å²) in [5.41, 5.74) is 12.3. The number of benzene rings is 8. The van der Waals surface area contributed by atoms with Gasteiger partial charge in [0.1, 0.15) is 28.4 Å². The van der Waals surface area contributed by atoms with Crippen molar-refractivity contribution in [2.24, 2.45) is 0 Å². The van der Waals surface area contributed by atoms with E-state index in [1.807, 2.05) is 75.6 Å². The molecule has 9 heterocycles. The first-order chi connectivity index (χ1) is 62.3. The van der Waals surface area contributed by atoms with Gasteiger partial charge in [-0.2, -0.15) is 0 Å². The molecular formula is C94H85Cl11N8O19. The Balaban J connectivity index is 0.000000153. The van der Waals surface area contributed by atoms with Crippen LogP contribution < -0.4 is 10.6 Å². The molecule has 0 bridgehead atoms. The Morgan fingerprint density at radius 3 is 1.16 bits per heavy atom. The molecule has 0 aliphatic carbocycles. The van der Waals surface area contributed by atoms with Crippen molar-refractivity contribution < 1.29 is 90.4 Å². The number of rotatable bonds is 13. The van der Waals surface area contributed by atoms with Gasteiger partial charge in [0.25, 0.3) is 23.6 Å². The number of hydrogen-bond acceptors (Lipinski definition) is 19. The normalized spacial score (nSPS) is 13.8.